The topological polar surface area (TPSA) is 29.1 Å². The van der Waals surface area contributed by atoms with Crippen LogP contribution < -0.4 is 5.32 Å². The quantitative estimate of drug-likeness (QED) is 0.815. The summed E-state index contributed by atoms with van der Waals surface area (Å²) >= 11 is 1.51. The second kappa shape index (κ2) is 5.15. The first-order valence-electron chi connectivity index (χ1n) is 5.04. The standard InChI is InChI=1S/C11H17NOS/c1-4-9(5-2)12-11(13)10-8(3)6-7-14-10/h6-7,9H,4-5H2,1-3H3,(H,12,13). The molecule has 1 heterocycles. The Kier molecular flexibility index (Phi) is 4.14. The van der Waals surface area contributed by atoms with E-state index in [4.69, 9.17) is 0 Å². The lowest BCUT2D eigenvalue weighted by Gasteiger charge is -2.14. The molecule has 3 heteroatoms. The summed E-state index contributed by atoms with van der Waals surface area (Å²) in [4.78, 5) is 12.6. The van der Waals surface area contributed by atoms with Crippen LogP contribution in [-0.2, 0) is 0 Å². The second-order valence-corrected chi connectivity index (χ2v) is 4.34. The molecule has 0 saturated heterocycles. The lowest BCUT2D eigenvalue weighted by atomic mass is 10.1. The van der Waals surface area contributed by atoms with Crippen molar-refractivity contribution < 1.29 is 4.79 Å². The van der Waals surface area contributed by atoms with Crippen LogP contribution in [0.15, 0.2) is 11.4 Å². The van der Waals surface area contributed by atoms with Crippen molar-refractivity contribution in [3.05, 3.63) is 21.9 Å². The van der Waals surface area contributed by atoms with E-state index in [1.54, 1.807) is 0 Å². The maximum Gasteiger partial charge on any atom is 0.261 e. The number of thiophene rings is 1. The van der Waals surface area contributed by atoms with Gasteiger partial charge in [0.2, 0.25) is 0 Å². The molecule has 78 valence electrons. The minimum Gasteiger partial charge on any atom is -0.349 e. The first-order valence-corrected chi connectivity index (χ1v) is 5.91. The van der Waals surface area contributed by atoms with Crippen LogP contribution in [0.3, 0.4) is 0 Å². The van der Waals surface area contributed by atoms with E-state index in [0.29, 0.717) is 6.04 Å². The maximum absolute atomic E-state index is 11.8. The molecule has 0 aliphatic rings. The molecule has 2 nitrogen and oxygen atoms in total. The van der Waals surface area contributed by atoms with Crippen LogP contribution in [0, 0.1) is 6.92 Å². The van der Waals surface area contributed by atoms with Gasteiger partial charge in [0.05, 0.1) is 4.88 Å². The van der Waals surface area contributed by atoms with E-state index in [2.05, 4.69) is 19.2 Å². The Hall–Kier alpha value is -0.830. The Bertz CT molecular complexity index is 302. The van der Waals surface area contributed by atoms with E-state index in [9.17, 15) is 4.79 Å². The van der Waals surface area contributed by atoms with Crippen molar-refractivity contribution in [3.8, 4) is 0 Å². The third-order valence-corrected chi connectivity index (χ3v) is 3.40. The first kappa shape index (κ1) is 11.2. The summed E-state index contributed by atoms with van der Waals surface area (Å²) in [7, 11) is 0. The highest BCUT2D eigenvalue weighted by Crippen LogP contribution is 2.15. The van der Waals surface area contributed by atoms with Crippen LogP contribution in [0.5, 0.6) is 0 Å². The Balaban J connectivity index is 2.63. The maximum atomic E-state index is 11.8. The number of amides is 1. The van der Waals surface area contributed by atoms with E-state index >= 15 is 0 Å². The normalized spacial score (nSPS) is 10.6. The molecule has 0 aromatic carbocycles. The second-order valence-electron chi connectivity index (χ2n) is 3.42. The molecule has 0 saturated carbocycles. The predicted octanol–water partition coefficient (Wildman–Crippen LogP) is 2.97. The van der Waals surface area contributed by atoms with Gasteiger partial charge < -0.3 is 5.32 Å². The zero-order valence-corrected chi connectivity index (χ0v) is 9.78. The number of hydrogen-bond acceptors (Lipinski definition) is 2. The molecule has 1 aromatic rings. The van der Waals surface area contributed by atoms with Gasteiger partial charge in [-0.2, -0.15) is 0 Å². The van der Waals surface area contributed by atoms with Crippen molar-refractivity contribution in [1.82, 2.24) is 5.32 Å². The van der Waals surface area contributed by atoms with Gasteiger partial charge in [-0.15, -0.1) is 11.3 Å². The van der Waals surface area contributed by atoms with Crippen LogP contribution >= 0.6 is 11.3 Å². The number of carbonyl (C=O) groups excluding carboxylic acids is 1. The molecule has 1 amide bonds. The highest BCUT2D eigenvalue weighted by atomic mass is 32.1. The van der Waals surface area contributed by atoms with Gasteiger partial charge in [0.25, 0.3) is 5.91 Å². The summed E-state index contributed by atoms with van der Waals surface area (Å²) in [5.41, 5.74) is 1.07. The number of rotatable bonds is 4. The van der Waals surface area contributed by atoms with Crippen molar-refractivity contribution in [1.29, 1.82) is 0 Å². The predicted molar refractivity (Wildman–Crippen MR) is 60.9 cm³/mol. The molecule has 1 aromatic heterocycles. The fraction of sp³-hybridized carbons (Fsp3) is 0.545. The summed E-state index contributed by atoms with van der Waals surface area (Å²) in [5.74, 6) is 0.0752. The van der Waals surface area contributed by atoms with Crippen molar-refractivity contribution in [2.45, 2.75) is 39.7 Å². The highest BCUT2D eigenvalue weighted by molar-refractivity contribution is 7.12. The average molecular weight is 211 g/mol. The zero-order chi connectivity index (χ0) is 10.6. The molecule has 0 spiro atoms. The van der Waals surface area contributed by atoms with Crippen LogP contribution in [0.4, 0.5) is 0 Å². The molecule has 0 aliphatic carbocycles. The van der Waals surface area contributed by atoms with Gasteiger partial charge in [0.15, 0.2) is 0 Å². The van der Waals surface area contributed by atoms with Gasteiger partial charge in [0, 0.05) is 6.04 Å². The minimum absolute atomic E-state index is 0.0752. The summed E-state index contributed by atoms with van der Waals surface area (Å²) < 4.78 is 0. The van der Waals surface area contributed by atoms with E-state index in [1.807, 2.05) is 18.4 Å². The average Bonchev–Trinajstić information content (AvgIpc) is 2.60. The fourth-order valence-corrected chi connectivity index (χ4v) is 2.18. The molecule has 0 radical (unpaired) electrons. The van der Waals surface area contributed by atoms with Gasteiger partial charge >= 0.3 is 0 Å². The van der Waals surface area contributed by atoms with E-state index < -0.39 is 0 Å². The molecule has 0 fully saturated rings. The summed E-state index contributed by atoms with van der Waals surface area (Å²) in [6.45, 7) is 6.16. The lowest BCUT2D eigenvalue weighted by molar-refractivity contribution is 0.0938. The number of nitrogens with one attached hydrogen (secondary N) is 1. The van der Waals surface area contributed by atoms with Crippen LogP contribution in [0.1, 0.15) is 41.9 Å². The van der Waals surface area contributed by atoms with E-state index in [1.165, 1.54) is 11.3 Å². The van der Waals surface area contributed by atoms with Gasteiger partial charge in [-0.1, -0.05) is 13.8 Å². The van der Waals surface area contributed by atoms with Crippen molar-refractivity contribution >= 4 is 17.2 Å². The lowest BCUT2D eigenvalue weighted by Crippen LogP contribution is -2.33. The molecule has 0 unspecified atom stereocenters. The monoisotopic (exact) mass is 211 g/mol. The zero-order valence-electron chi connectivity index (χ0n) is 8.96. The Morgan fingerprint density at radius 1 is 1.50 bits per heavy atom. The third kappa shape index (κ3) is 2.58. The van der Waals surface area contributed by atoms with Crippen LogP contribution in [-0.4, -0.2) is 11.9 Å². The van der Waals surface area contributed by atoms with Crippen molar-refractivity contribution in [3.63, 3.8) is 0 Å². The highest BCUT2D eigenvalue weighted by Gasteiger charge is 2.13. The molecule has 1 N–H and O–H groups in total. The third-order valence-electron chi connectivity index (χ3n) is 2.39. The van der Waals surface area contributed by atoms with Gasteiger partial charge in [-0.05, 0) is 36.8 Å². The summed E-state index contributed by atoms with van der Waals surface area (Å²) in [5, 5.41) is 4.99. The fourth-order valence-electron chi connectivity index (χ4n) is 1.35. The molecule has 1 rings (SSSR count). The molecule has 0 aliphatic heterocycles. The Morgan fingerprint density at radius 3 is 2.57 bits per heavy atom. The number of aryl methyl sites for hydroxylation is 1. The van der Waals surface area contributed by atoms with E-state index in [-0.39, 0.29) is 5.91 Å². The molecule has 0 bridgehead atoms. The first-order chi connectivity index (χ1) is 6.69. The van der Waals surface area contributed by atoms with Crippen LogP contribution in [0.2, 0.25) is 0 Å². The number of hydrogen-bond donors (Lipinski definition) is 1. The Morgan fingerprint density at radius 2 is 2.14 bits per heavy atom. The smallest absolute Gasteiger partial charge is 0.261 e. The summed E-state index contributed by atoms with van der Waals surface area (Å²) in [6, 6.07) is 2.29. The van der Waals surface area contributed by atoms with E-state index in [0.717, 1.165) is 23.3 Å². The SMILES string of the molecule is CCC(CC)NC(=O)c1sccc1C. The molecular weight excluding hydrogens is 194 g/mol. The van der Waals surface area contributed by atoms with Crippen molar-refractivity contribution in [2.24, 2.45) is 0 Å². The van der Waals surface area contributed by atoms with Crippen LogP contribution in [0.25, 0.3) is 0 Å². The Labute approximate surface area is 89.3 Å². The van der Waals surface area contributed by atoms with Gasteiger partial charge in [0.1, 0.15) is 0 Å². The molecule has 14 heavy (non-hydrogen) atoms. The minimum atomic E-state index is 0.0752. The summed E-state index contributed by atoms with van der Waals surface area (Å²) in [6.07, 6.45) is 1.99. The largest absolute Gasteiger partial charge is 0.349 e. The van der Waals surface area contributed by atoms with Gasteiger partial charge in [-0.25, -0.2) is 0 Å². The van der Waals surface area contributed by atoms with Gasteiger partial charge in [-0.3, -0.25) is 4.79 Å². The molecule has 0 atom stereocenters. The van der Waals surface area contributed by atoms with Crippen molar-refractivity contribution in [2.75, 3.05) is 0 Å². The molecular formula is C11H17NOS. The number of carbonyl (C=O) groups is 1.